The van der Waals surface area contributed by atoms with Gasteiger partial charge in [0.2, 0.25) is 5.91 Å². The van der Waals surface area contributed by atoms with Crippen molar-refractivity contribution in [2.24, 2.45) is 0 Å². The second kappa shape index (κ2) is 7.44. The van der Waals surface area contributed by atoms with Gasteiger partial charge in [-0.15, -0.1) is 0 Å². The van der Waals surface area contributed by atoms with Crippen molar-refractivity contribution in [3.63, 3.8) is 0 Å². The minimum Gasteiger partial charge on any atom is -0.497 e. The average Bonchev–Trinajstić information content (AvgIpc) is 2.54. The molecule has 0 bridgehead atoms. The summed E-state index contributed by atoms with van der Waals surface area (Å²) >= 11 is 5.53. The van der Waals surface area contributed by atoms with Crippen LogP contribution in [-0.4, -0.2) is 19.6 Å². The minimum absolute atomic E-state index is 0.0215. The molecule has 2 rings (SSSR count). The molecule has 8 heteroatoms. The highest BCUT2D eigenvalue weighted by Crippen LogP contribution is 2.36. The first-order valence-electron chi connectivity index (χ1n) is 6.84. The number of methoxy groups -OCH3 is 1. The van der Waals surface area contributed by atoms with Crippen LogP contribution < -0.4 is 15.4 Å². The molecule has 0 atom stereocenters. The number of anilines is 2. The summed E-state index contributed by atoms with van der Waals surface area (Å²) in [5.74, 6) is 0.187. The number of benzene rings is 2. The van der Waals surface area contributed by atoms with Gasteiger partial charge in [-0.1, -0.05) is 11.6 Å². The molecule has 0 aromatic heterocycles. The zero-order valence-electron chi connectivity index (χ0n) is 12.6. The summed E-state index contributed by atoms with van der Waals surface area (Å²) in [6, 6.07) is 10.1. The number of nitrogens with one attached hydrogen (secondary N) is 2. The Balaban J connectivity index is 1.97. The van der Waals surface area contributed by atoms with Crippen LogP contribution in [0.1, 0.15) is 5.56 Å². The third-order valence-electron chi connectivity index (χ3n) is 3.10. The van der Waals surface area contributed by atoms with Gasteiger partial charge in [-0.2, -0.15) is 13.2 Å². The maximum atomic E-state index is 12.8. The predicted molar refractivity (Wildman–Crippen MR) is 86.6 cm³/mol. The maximum absolute atomic E-state index is 12.8. The molecule has 0 radical (unpaired) electrons. The van der Waals surface area contributed by atoms with Crippen LogP contribution in [0, 0.1) is 0 Å². The third kappa shape index (κ3) is 4.79. The number of alkyl halides is 3. The van der Waals surface area contributed by atoms with Gasteiger partial charge in [-0.3, -0.25) is 4.79 Å². The van der Waals surface area contributed by atoms with E-state index in [0.29, 0.717) is 11.4 Å². The molecule has 0 spiro atoms. The van der Waals surface area contributed by atoms with Crippen molar-refractivity contribution in [2.45, 2.75) is 6.18 Å². The normalized spacial score (nSPS) is 11.0. The quantitative estimate of drug-likeness (QED) is 0.832. The van der Waals surface area contributed by atoms with Crippen molar-refractivity contribution in [3.8, 4) is 5.75 Å². The van der Waals surface area contributed by atoms with Gasteiger partial charge in [-0.05, 0) is 42.5 Å². The van der Waals surface area contributed by atoms with Crippen molar-refractivity contribution in [1.29, 1.82) is 0 Å². The number of carbonyl (C=O) groups excluding carboxylic acids is 1. The summed E-state index contributed by atoms with van der Waals surface area (Å²) in [6.07, 6.45) is -4.58. The molecule has 2 aromatic rings. The SMILES string of the molecule is COc1ccc(NCC(=O)Nc2ccc(Cl)c(C(F)(F)F)c2)cc1. The van der Waals surface area contributed by atoms with Gasteiger partial charge in [0, 0.05) is 11.4 Å². The van der Waals surface area contributed by atoms with Crippen LogP contribution in [0.25, 0.3) is 0 Å². The van der Waals surface area contributed by atoms with E-state index < -0.39 is 22.7 Å². The Labute approximate surface area is 141 Å². The van der Waals surface area contributed by atoms with Crippen molar-refractivity contribution in [2.75, 3.05) is 24.3 Å². The first-order chi connectivity index (χ1) is 11.3. The first-order valence-corrected chi connectivity index (χ1v) is 7.22. The molecule has 1 amide bonds. The van der Waals surface area contributed by atoms with Gasteiger partial charge in [0.15, 0.2) is 0 Å². The van der Waals surface area contributed by atoms with Crippen LogP contribution >= 0.6 is 11.6 Å². The molecule has 2 N–H and O–H groups in total. The first kappa shape index (κ1) is 17.9. The van der Waals surface area contributed by atoms with Crippen molar-refractivity contribution < 1.29 is 22.7 Å². The highest BCUT2D eigenvalue weighted by molar-refractivity contribution is 6.31. The molecule has 2 aromatic carbocycles. The summed E-state index contributed by atoms with van der Waals surface area (Å²) in [7, 11) is 1.54. The molecule has 24 heavy (non-hydrogen) atoms. The number of hydrogen-bond donors (Lipinski definition) is 2. The number of carbonyl (C=O) groups is 1. The smallest absolute Gasteiger partial charge is 0.417 e. The molecular formula is C16H14ClF3N2O2. The number of hydrogen-bond acceptors (Lipinski definition) is 3. The number of ether oxygens (including phenoxy) is 1. The van der Waals surface area contributed by atoms with Crippen LogP contribution in [0.5, 0.6) is 5.75 Å². The van der Waals surface area contributed by atoms with E-state index in [0.717, 1.165) is 12.1 Å². The van der Waals surface area contributed by atoms with E-state index in [-0.39, 0.29) is 12.2 Å². The molecule has 0 aliphatic heterocycles. The highest BCUT2D eigenvalue weighted by Gasteiger charge is 2.33. The second-order valence-electron chi connectivity index (χ2n) is 4.82. The fourth-order valence-corrected chi connectivity index (χ4v) is 2.14. The molecule has 0 aliphatic rings. The fraction of sp³-hybridized carbons (Fsp3) is 0.188. The van der Waals surface area contributed by atoms with Gasteiger partial charge in [-0.25, -0.2) is 0 Å². The average molecular weight is 359 g/mol. The van der Waals surface area contributed by atoms with E-state index in [2.05, 4.69) is 10.6 Å². The Hall–Kier alpha value is -2.41. The molecule has 0 saturated carbocycles. The molecule has 0 aliphatic carbocycles. The summed E-state index contributed by atoms with van der Waals surface area (Å²) in [5.41, 5.74) is -0.295. The number of amides is 1. The van der Waals surface area contributed by atoms with E-state index in [1.165, 1.54) is 13.2 Å². The lowest BCUT2D eigenvalue weighted by atomic mass is 10.2. The van der Waals surface area contributed by atoms with Gasteiger partial charge in [0.25, 0.3) is 0 Å². The Morgan fingerprint density at radius 3 is 2.33 bits per heavy atom. The van der Waals surface area contributed by atoms with E-state index in [4.69, 9.17) is 16.3 Å². The van der Waals surface area contributed by atoms with E-state index >= 15 is 0 Å². The molecule has 0 saturated heterocycles. The molecule has 128 valence electrons. The second-order valence-corrected chi connectivity index (χ2v) is 5.23. The van der Waals surface area contributed by atoms with Crippen LogP contribution in [0.3, 0.4) is 0 Å². The lowest BCUT2D eigenvalue weighted by Gasteiger charge is -2.12. The Morgan fingerprint density at radius 2 is 1.75 bits per heavy atom. The van der Waals surface area contributed by atoms with Crippen LogP contribution in [0.4, 0.5) is 24.5 Å². The van der Waals surface area contributed by atoms with E-state index in [9.17, 15) is 18.0 Å². The topological polar surface area (TPSA) is 50.4 Å². The van der Waals surface area contributed by atoms with E-state index in [1.54, 1.807) is 24.3 Å². The minimum atomic E-state index is -4.58. The molecule has 4 nitrogen and oxygen atoms in total. The largest absolute Gasteiger partial charge is 0.497 e. The lowest BCUT2D eigenvalue weighted by molar-refractivity contribution is -0.137. The van der Waals surface area contributed by atoms with Crippen molar-refractivity contribution in [1.82, 2.24) is 0 Å². The van der Waals surface area contributed by atoms with Crippen LogP contribution in [0.15, 0.2) is 42.5 Å². The molecule has 0 fully saturated rings. The summed E-state index contributed by atoms with van der Waals surface area (Å²) in [4.78, 5) is 11.8. The zero-order chi connectivity index (χ0) is 17.7. The molecule has 0 heterocycles. The fourth-order valence-electron chi connectivity index (χ4n) is 1.92. The Kier molecular flexibility index (Phi) is 5.56. The maximum Gasteiger partial charge on any atom is 0.417 e. The van der Waals surface area contributed by atoms with E-state index in [1.807, 2.05) is 0 Å². The van der Waals surface area contributed by atoms with Gasteiger partial charge in [0.1, 0.15) is 5.75 Å². The summed E-state index contributed by atoms with van der Waals surface area (Å²) in [5, 5.41) is 4.83. The van der Waals surface area contributed by atoms with Crippen molar-refractivity contribution in [3.05, 3.63) is 53.1 Å². The molecular weight excluding hydrogens is 345 g/mol. The van der Waals surface area contributed by atoms with Gasteiger partial charge in [0.05, 0.1) is 24.2 Å². The highest BCUT2D eigenvalue weighted by atomic mass is 35.5. The third-order valence-corrected chi connectivity index (χ3v) is 3.43. The van der Waals surface area contributed by atoms with Crippen LogP contribution in [-0.2, 0) is 11.0 Å². The van der Waals surface area contributed by atoms with Gasteiger partial charge < -0.3 is 15.4 Å². The lowest BCUT2D eigenvalue weighted by Crippen LogP contribution is -2.22. The molecule has 0 unspecified atom stereocenters. The van der Waals surface area contributed by atoms with Crippen molar-refractivity contribution >= 4 is 28.9 Å². The number of halogens is 4. The standard InChI is InChI=1S/C16H14ClF3N2O2/c1-24-12-5-2-10(3-6-12)21-9-15(23)22-11-4-7-14(17)13(8-11)16(18,19)20/h2-8,21H,9H2,1H3,(H,22,23). The summed E-state index contributed by atoms with van der Waals surface area (Å²) < 4.78 is 43.3. The zero-order valence-corrected chi connectivity index (χ0v) is 13.3. The van der Waals surface area contributed by atoms with Gasteiger partial charge >= 0.3 is 6.18 Å². The Bertz CT molecular complexity index is 718. The predicted octanol–water partition coefficient (Wildman–Crippen LogP) is 4.42. The Morgan fingerprint density at radius 1 is 1.12 bits per heavy atom. The summed E-state index contributed by atoms with van der Waals surface area (Å²) in [6.45, 7) is -0.101. The van der Waals surface area contributed by atoms with Crippen LogP contribution in [0.2, 0.25) is 5.02 Å². The number of rotatable bonds is 5. The monoisotopic (exact) mass is 358 g/mol.